The van der Waals surface area contributed by atoms with Crippen molar-refractivity contribution < 1.29 is 5.11 Å². The van der Waals surface area contributed by atoms with Gasteiger partial charge in [-0.1, -0.05) is 22.9 Å². The second-order valence-corrected chi connectivity index (χ2v) is 5.51. The van der Waals surface area contributed by atoms with Gasteiger partial charge in [-0.05, 0) is 30.9 Å². The summed E-state index contributed by atoms with van der Waals surface area (Å²) in [5, 5.41) is 13.3. The lowest BCUT2D eigenvalue weighted by Crippen LogP contribution is -2.23. The van der Waals surface area contributed by atoms with Gasteiger partial charge in [0.15, 0.2) is 0 Å². The summed E-state index contributed by atoms with van der Waals surface area (Å²) in [5.41, 5.74) is 0.970. The molecule has 1 unspecified atom stereocenters. The van der Waals surface area contributed by atoms with E-state index in [2.05, 4.69) is 34.4 Å². The number of thioether (sulfide) groups is 1. The first-order valence-corrected chi connectivity index (χ1v) is 7.58. The van der Waals surface area contributed by atoms with Gasteiger partial charge in [-0.2, -0.15) is 11.8 Å². The van der Waals surface area contributed by atoms with Gasteiger partial charge in [-0.25, -0.2) is 0 Å². The topological polar surface area (TPSA) is 32.3 Å². The second-order valence-electron chi connectivity index (χ2n) is 3.61. The minimum Gasteiger partial charge on any atom is -0.508 e. The molecule has 0 aliphatic carbocycles. The molecule has 1 aromatic rings. The maximum absolute atomic E-state index is 9.83. The van der Waals surface area contributed by atoms with Crippen LogP contribution in [0.3, 0.4) is 0 Å². The van der Waals surface area contributed by atoms with E-state index in [-0.39, 0.29) is 6.04 Å². The highest BCUT2D eigenvalue weighted by Gasteiger charge is 2.12. The minimum atomic E-state index is 0.227. The van der Waals surface area contributed by atoms with Crippen LogP contribution in [0.15, 0.2) is 22.7 Å². The zero-order chi connectivity index (χ0) is 12.0. The molecule has 16 heavy (non-hydrogen) atoms. The van der Waals surface area contributed by atoms with Gasteiger partial charge in [-0.3, -0.25) is 0 Å². The average molecular weight is 304 g/mol. The van der Waals surface area contributed by atoms with Crippen LogP contribution in [0.1, 0.15) is 24.9 Å². The van der Waals surface area contributed by atoms with E-state index >= 15 is 0 Å². The lowest BCUT2D eigenvalue weighted by molar-refractivity contribution is 0.445. The second kappa shape index (κ2) is 7.20. The smallest absolute Gasteiger partial charge is 0.120 e. The van der Waals surface area contributed by atoms with E-state index in [1.54, 1.807) is 6.07 Å². The Kier molecular flexibility index (Phi) is 6.24. The molecule has 0 amide bonds. The molecule has 0 heterocycles. The number of hydrogen-bond donors (Lipinski definition) is 2. The molecule has 2 nitrogen and oxygen atoms in total. The molecule has 0 saturated heterocycles. The molecule has 0 spiro atoms. The quantitative estimate of drug-likeness (QED) is 0.788. The molecule has 1 aromatic carbocycles. The Balaban J connectivity index is 2.73. The van der Waals surface area contributed by atoms with Crippen molar-refractivity contribution >= 4 is 27.7 Å². The number of rotatable bonds is 6. The molecule has 2 N–H and O–H groups in total. The van der Waals surface area contributed by atoms with Crippen molar-refractivity contribution in [1.29, 1.82) is 0 Å². The van der Waals surface area contributed by atoms with Crippen LogP contribution in [0.25, 0.3) is 0 Å². The fourth-order valence-electron chi connectivity index (χ4n) is 1.61. The van der Waals surface area contributed by atoms with E-state index < -0.39 is 0 Å². The van der Waals surface area contributed by atoms with Gasteiger partial charge in [0.1, 0.15) is 5.75 Å². The zero-order valence-corrected chi connectivity index (χ0v) is 12.1. The van der Waals surface area contributed by atoms with E-state index in [1.165, 1.54) is 0 Å². The van der Waals surface area contributed by atoms with E-state index in [9.17, 15) is 5.11 Å². The molecule has 0 aliphatic heterocycles. The van der Waals surface area contributed by atoms with Crippen molar-refractivity contribution in [3.8, 4) is 5.75 Å². The van der Waals surface area contributed by atoms with Gasteiger partial charge < -0.3 is 10.4 Å². The number of halogens is 1. The fraction of sp³-hybridized carbons (Fsp3) is 0.500. The predicted octanol–water partition coefficient (Wildman–Crippen LogP) is 3.56. The first-order valence-electron chi connectivity index (χ1n) is 5.39. The third-order valence-electron chi connectivity index (χ3n) is 2.47. The van der Waals surface area contributed by atoms with Crippen LogP contribution in [0.2, 0.25) is 0 Å². The van der Waals surface area contributed by atoms with Gasteiger partial charge in [0, 0.05) is 28.4 Å². The van der Waals surface area contributed by atoms with Gasteiger partial charge in [0.25, 0.3) is 0 Å². The minimum absolute atomic E-state index is 0.227. The summed E-state index contributed by atoms with van der Waals surface area (Å²) in [7, 11) is 0. The standard InChI is InChI=1S/C12H18BrNOS/c1-3-11(14-6-7-16-2)10-8-9(13)4-5-12(10)15/h4-5,8,11,14-15H,3,6-7H2,1-2H3. The Morgan fingerprint density at radius 2 is 2.25 bits per heavy atom. The number of nitrogens with one attached hydrogen (secondary N) is 1. The molecule has 0 bridgehead atoms. The maximum Gasteiger partial charge on any atom is 0.120 e. The van der Waals surface area contributed by atoms with Crippen LogP contribution < -0.4 is 5.32 Å². The number of phenols is 1. The number of hydrogen-bond acceptors (Lipinski definition) is 3. The van der Waals surface area contributed by atoms with Crippen molar-refractivity contribution in [2.45, 2.75) is 19.4 Å². The van der Waals surface area contributed by atoms with Crippen molar-refractivity contribution in [3.63, 3.8) is 0 Å². The lowest BCUT2D eigenvalue weighted by Gasteiger charge is -2.18. The molecule has 0 saturated carbocycles. The normalized spacial score (nSPS) is 12.7. The Labute approximate surface area is 110 Å². The van der Waals surface area contributed by atoms with Crippen LogP contribution in [0.4, 0.5) is 0 Å². The zero-order valence-electron chi connectivity index (χ0n) is 9.66. The molecular formula is C12H18BrNOS. The molecular weight excluding hydrogens is 286 g/mol. The summed E-state index contributed by atoms with van der Waals surface area (Å²) in [6.45, 7) is 3.09. The number of phenolic OH excluding ortho intramolecular Hbond substituents is 1. The summed E-state index contributed by atoms with van der Waals surface area (Å²) >= 11 is 5.26. The van der Waals surface area contributed by atoms with E-state index in [4.69, 9.17) is 0 Å². The Hall–Kier alpha value is -0.190. The first kappa shape index (κ1) is 13.9. The molecule has 1 atom stereocenters. The average Bonchev–Trinajstić information content (AvgIpc) is 2.28. The van der Waals surface area contributed by atoms with Crippen LogP contribution in [0, 0.1) is 0 Å². The van der Waals surface area contributed by atoms with E-state index in [1.807, 2.05) is 23.9 Å². The molecule has 0 aliphatic rings. The number of benzene rings is 1. The Morgan fingerprint density at radius 1 is 1.50 bits per heavy atom. The molecule has 4 heteroatoms. The first-order chi connectivity index (χ1) is 7.69. The lowest BCUT2D eigenvalue weighted by atomic mass is 10.0. The molecule has 0 aromatic heterocycles. The summed E-state index contributed by atoms with van der Waals surface area (Å²) in [6, 6.07) is 5.80. The predicted molar refractivity (Wildman–Crippen MR) is 75.2 cm³/mol. The van der Waals surface area contributed by atoms with Crippen molar-refractivity contribution in [1.82, 2.24) is 5.32 Å². The third-order valence-corrected chi connectivity index (χ3v) is 3.58. The van der Waals surface area contributed by atoms with Crippen LogP contribution in [0.5, 0.6) is 5.75 Å². The summed E-state index contributed by atoms with van der Waals surface area (Å²) in [4.78, 5) is 0. The number of aromatic hydroxyl groups is 1. The van der Waals surface area contributed by atoms with E-state index in [0.717, 1.165) is 28.8 Å². The largest absolute Gasteiger partial charge is 0.508 e. The maximum atomic E-state index is 9.83. The van der Waals surface area contributed by atoms with Crippen molar-refractivity contribution in [3.05, 3.63) is 28.2 Å². The molecule has 90 valence electrons. The van der Waals surface area contributed by atoms with E-state index in [0.29, 0.717) is 5.75 Å². The van der Waals surface area contributed by atoms with Crippen molar-refractivity contribution in [2.75, 3.05) is 18.6 Å². The summed E-state index contributed by atoms with van der Waals surface area (Å²) in [5.74, 6) is 1.46. The summed E-state index contributed by atoms with van der Waals surface area (Å²) < 4.78 is 1.01. The monoisotopic (exact) mass is 303 g/mol. The fourth-order valence-corrected chi connectivity index (χ4v) is 2.31. The van der Waals surface area contributed by atoms with Crippen molar-refractivity contribution in [2.24, 2.45) is 0 Å². The highest BCUT2D eigenvalue weighted by molar-refractivity contribution is 9.10. The molecule has 0 fully saturated rings. The van der Waals surface area contributed by atoms with Gasteiger partial charge in [0.2, 0.25) is 0 Å². The van der Waals surface area contributed by atoms with Gasteiger partial charge in [0.05, 0.1) is 0 Å². The third kappa shape index (κ3) is 4.00. The van der Waals surface area contributed by atoms with Crippen LogP contribution in [-0.2, 0) is 0 Å². The SMILES string of the molecule is CCC(NCCSC)c1cc(Br)ccc1O. The highest BCUT2D eigenvalue weighted by atomic mass is 79.9. The Bertz CT molecular complexity index is 333. The van der Waals surface area contributed by atoms with Gasteiger partial charge >= 0.3 is 0 Å². The molecule has 0 radical (unpaired) electrons. The highest BCUT2D eigenvalue weighted by Crippen LogP contribution is 2.29. The molecule has 1 rings (SSSR count). The van der Waals surface area contributed by atoms with Crippen LogP contribution in [-0.4, -0.2) is 23.7 Å². The Morgan fingerprint density at radius 3 is 2.88 bits per heavy atom. The summed E-state index contributed by atoms with van der Waals surface area (Å²) in [6.07, 6.45) is 3.07. The van der Waals surface area contributed by atoms with Gasteiger partial charge in [-0.15, -0.1) is 0 Å². The van der Waals surface area contributed by atoms with Crippen LogP contribution >= 0.6 is 27.7 Å².